The van der Waals surface area contributed by atoms with E-state index < -0.39 is 0 Å². The van der Waals surface area contributed by atoms with Crippen LogP contribution in [-0.2, 0) is 4.79 Å². The van der Waals surface area contributed by atoms with Crippen molar-refractivity contribution >= 4 is 5.91 Å². The average Bonchev–Trinajstić information content (AvgIpc) is 2.41. The molecule has 5 nitrogen and oxygen atoms in total. The quantitative estimate of drug-likeness (QED) is 0.862. The number of ether oxygens (including phenoxy) is 2. The van der Waals surface area contributed by atoms with Crippen LogP contribution in [-0.4, -0.2) is 45.2 Å². The Hall–Kier alpha value is -1.75. The Labute approximate surface area is 107 Å². The number of methoxy groups -OCH3 is 2. The highest BCUT2D eigenvalue weighted by atomic mass is 16.5. The zero-order valence-corrected chi connectivity index (χ0v) is 10.9. The maximum absolute atomic E-state index is 11.4. The summed E-state index contributed by atoms with van der Waals surface area (Å²) < 4.78 is 10.5. The van der Waals surface area contributed by atoms with E-state index in [1.54, 1.807) is 19.1 Å². The van der Waals surface area contributed by atoms with Crippen molar-refractivity contribution < 1.29 is 14.3 Å². The van der Waals surface area contributed by atoms with E-state index in [1.165, 1.54) is 0 Å². The number of piperazine rings is 1. The van der Waals surface area contributed by atoms with Crippen LogP contribution in [0.4, 0.5) is 0 Å². The molecular weight excluding hydrogens is 232 g/mol. The Bertz CT molecular complexity index is 426. The van der Waals surface area contributed by atoms with Crippen molar-refractivity contribution in [1.82, 2.24) is 10.2 Å². The zero-order chi connectivity index (χ0) is 13.1. The van der Waals surface area contributed by atoms with Crippen molar-refractivity contribution in [3.05, 3.63) is 23.8 Å². The summed E-state index contributed by atoms with van der Waals surface area (Å²) in [7, 11) is 5.07. The summed E-state index contributed by atoms with van der Waals surface area (Å²) in [5, 5.41) is 3.22. The molecule has 1 heterocycles. The number of carbonyl (C=O) groups excluding carboxylic acids is 1. The Morgan fingerprint density at radius 1 is 1.22 bits per heavy atom. The first kappa shape index (κ1) is 12.7. The Balaban J connectivity index is 2.24. The minimum absolute atomic E-state index is 0.108. The number of hydrogen-bond donors (Lipinski definition) is 1. The number of nitrogens with zero attached hydrogens (tertiary/aromatic N) is 1. The molecule has 0 bridgehead atoms. The van der Waals surface area contributed by atoms with Crippen LogP contribution in [0.2, 0.25) is 0 Å². The van der Waals surface area contributed by atoms with Crippen LogP contribution in [0.3, 0.4) is 0 Å². The molecule has 1 atom stereocenters. The number of rotatable bonds is 3. The topological polar surface area (TPSA) is 50.8 Å². The molecule has 0 saturated carbocycles. The predicted molar refractivity (Wildman–Crippen MR) is 67.9 cm³/mol. The first-order valence-corrected chi connectivity index (χ1v) is 5.84. The molecule has 0 radical (unpaired) electrons. The summed E-state index contributed by atoms with van der Waals surface area (Å²) in [5.41, 5.74) is 1.06. The number of benzene rings is 1. The van der Waals surface area contributed by atoms with Crippen LogP contribution in [0.5, 0.6) is 11.5 Å². The lowest BCUT2D eigenvalue weighted by atomic mass is 10.0. The second-order valence-corrected chi connectivity index (χ2v) is 4.35. The molecular formula is C13H18N2O3. The van der Waals surface area contributed by atoms with E-state index in [-0.39, 0.29) is 11.9 Å². The second-order valence-electron chi connectivity index (χ2n) is 4.35. The second kappa shape index (κ2) is 5.27. The highest BCUT2D eigenvalue weighted by molar-refractivity contribution is 5.79. The van der Waals surface area contributed by atoms with E-state index >= 15 is 0 Å². The molecule has 1 amide bonds. The smallest absolute Gasteiger partial charge is 0.236 e. The lowest BCUT2D eigenvalue weighted by Gasteiger charge is -2.31. The summed E-state index contributed by atoms with van der Waals surface area (Å²) >= 11 is 0. The third-order valence-electron chi connectivity index (χ3n) is 3.16. The van der Waals surface area contributed by atoms with Crippen LogP contribution < -0.4 is 14.8 Å². The van der Waals surface area contributed by atoms with Crippen LogP contribution in [0.25, 0.3) is 0 Å². The molecule has 1 aliphatic rings. The molecule has 1 aliphatic heterocycles. The number of amides is 1. The van der Waals surface area contributed by atoms with E-state index in [4.69, 9.17) is 9.47 Å². The van der Waals surface area contributed by atoms with E-state index in [2.05, 4.69) is 5.32 Å². The summed E-state index contributed by atoms with van der Waals surface area (Å²) in [6, 6.07) is 5.87. The molecule has 18 heavy (non-hydrogen) atoms. The van der Waals surface area contributed by atoms with Crippen molar-refractivity contribution in [3.63, 3.8) is 0 Å². The molecule has 1 saturated heterocycles. The zero-order valence-electron chi connectivity index (χ0n) is 10.9. The van der Waals surface area contributed by atoms with E-state index in [9.17, 15) is 4.79 Å². The van der Waals surface area contributed by atoms with Gasteiger partial charge in [-0.05, 0) is 17.7 Å². The molecule has 0 spiro atoms. The molecule has 5 heteroatoms. The van der Waals surface area contributed by atoms with Crippen molar-refractivity contribution in [2.24, 2.45) is 0 Å². The van der Waals surface area contributed by atoms with Gasteiger partial charge in [-0.1, -0.05) is 0 Å². The molecule has 1 unspecified atom stereocenters. The molecule has 1 fully saturated rings. The van der Waals surface area contributed by atoms with Crippen LogP contribution in [0, 0.1) is 0 Å². The fourth-order valence-electron chi connectivity index (χ4n) is 2.04. The lowest BCUT2D eigenvalue weighted by Crippen LogP contribution is -2.47. The van der Waals surface area contributed by atoms with E-state index in [0.29, 0.717) is 13.1 Å². The number of hydrogen-bond acceptors (Lipinski definition) is 4. The molecule has 1 aromatic carbocycles. The van der Waals surface area contributed by atoms with Gasteiger partial charge in [0.15, 0.2) is 0 Å². The van der Waals surface area contributed by atoms with Gasteiger partial charge in [-0.3, -0.25) is 10.1 Å². The highest BCUT2D eigenvalue weighted by Gasteiger charge is 2.24. The van der Waals surface area contributed by atoms with Gasteiger partial charge in [0.1, 0.15) is 11.5 Å². The van der Waals surface area contributed by atoms with Gasteiger partial charge in [-0.15, -0.1) is 0 Å². The van der Waals surface area contributed by atoms with Crippen molar-refractivity contribution in [2.45, 2.75) is 6.04 Å². The first-order valence-electron chi connectivity index (χ1n) is 5.84. The lowest BCUT2D eigenvalue weighted by molar-refractivity contribution is -0.131. The summed E-state index contributed by atoms with van der Waals surface area (Å²) in [6.07, 6.45) is 0. The maximum atomic E-state index is 11.4. The van der Waals surface area contributed by atoms with Gasteiger partial charge >= 0.3 is 0 Å². The van der Waals surface area contributed by atoms with Crippen LogP contribution in [0.15, 0.2) is 18.2 Å². The minimum atomic E-state index is 0.108. The van der Waals surface area contributed by atoms with Crippen molar-refractivity contribution in [3.8, 4) is 11.5 Å². The monoisotopic (exact) mass is 250 g/mol. The largest absolute Gasteiger partial charge is 0.497 e. The van der Waals surface area contributed by atoms with E-state index in [1.807, 2.05) is 25.2 Å². The number of nitrogens with one attached hydrogen (secondary N) is 1. The van der Waals surface area contributed by atoms with Crippen molar-refractivity contribution in [2.75, 3.05) is 34.4 Å². The fraction of sp³-hybridized carbons (Fsp3) is 0.462. The van der Waals surface area contributed by atoms with Gasteiger partial charge in [-0.2, -0.15) is 0 Å². The SMILES string of the molecule is COc1cc(OC)cc(C2CN(C)C(=O)CN2)c1. The van der Waals surface area contributed by atoms with Gasteiger partial charge in [0.25, 0.3) is 0 Å². The Morgan fingerprint density at radius 3 is 2.33 bits per heavy atom. The number of carbonyl (C=O) groups is 1. The van der Waals surface area contributed by atoms with Gasteiger partial charge in [0.05, 0.1) is 26.8 Å². The van der Waals surface area contributed by atoms with Crippen LogP contribution in [0.1, 0.15) is 11.6 Å². The molecule has 0 aliphatic carbocycles. The highest BCUT2D eigenvalue weighted by Crippen LogP contribution is 2.27. The minimum Gasteiger partial charge on any atom is -0.497 e. The summed E-state index contributed by atoms with van der Waals surface area (Å²) in [6.45, 7) is 1.01. The van der Waals surface area contributed by atoms with Gasteiger partial charge in [0, 0.05) is 19.7 Å². The number of likely N-dealkylation sites (N-methyl/N-ethyl adjacent to an activating group) is 1. The average molecular weight is 250 g/mol. The van der Waals surface area contributed by atoms with E-state index in [0.717, 1.165) is 17.1 Å². The van der Waals surface area contributed by atoms with Gasteiger partial charge < -0.3 is 14.4 Å². The van der Waals surface area contributed by atoms with Crippen molar-refractivity contribution in [1.29, 1.82) is 0 Å². The third kappa shape index (κ3) is 2.56. The maximum Gasteiger partial charge on any atom is 0.236 e. The van der Waals surface area contributed by atoms with Crippen LogP contribution >= 0.6 is 0 Å². The summed E-state index contributed by atoms with van der Waals surface area (Å²) in [5.74, 6) is 1.62. The van der Waals surface area contributed by atoms with Gasteiger partial charge in [0.2, 0.25) is 5.91 Å². The Morgan fingerprint density at radius 2 is 1.83 bits per heavy atom. The molecule has 2 rings (SSSR count). The standard InChI is InChI=1S/C13H18N2O3/c1-15-8-12(14-7-13(15)16)9-4-10(17-2)6-11(5-9)18-3/h4-6,12,14H,7-8H2,1-3H3. The summed E-state index contributed by atoms with van der Waals surface area (Å²) in [4.78, 5) is 13.2. The van der Waals surface area contributed by atoms with Gasteiger partial charge in [-0.25, -0.2) is 0 Å². The first-order chi connectivity index (χ1) is 8.63. The predicted octanol–water partition coefficient (Wildman–Crippen LogP) is 0.806. The molecule has 1 aromatic rings. The third-order valence-corrected chi connectivity index (χ3v) is 3.16. The fourth-order valence-corrected chi connectivity index (χ4v) is 2.04. The molecule has 0 aromatic heterocycles. The normalized spacial score (nSPS) is 19.8. The Kier molecular flexibility index (Phi) is 3.72. The molecule has 98 valence electrons. The molecule has 1 N–H and O–H groups in total.